The number of rotatable bonds is 5. The topological polar surface area (TPSA) is 88.0 Å². The summed E-state index contributed by atoms with van der Waals surface area (Å²) in [6.45, 7) is 2.94. The minimum absolute atomic E-state index is 0.252. The van der Waals surface area contributed by atoms with E-state index in [4.69, 9.17) is 14.5 Å². The van der Waals surface area contributed by atoms with E-state index in [0.29, 0.717) is 38.4 Å². The molecule has 0 bridgehead atoms. The summed E-state index contributed by atoms with van der Waals surface area (Å²) < 4.78 is 10.9. The summed E-state index contributed by atoms with van der Waals surface area (Å²) in [5.74, 6) is 2.08. The van der Waals surface area contributed by atoms with Crippen molar-refractivity contribution in [3.63, 3.8) is 0 Å². The van der Waals surface area contributed by atoms with Crippen LogP contribution < -0.4 is 19.3 Å². The first-order chi connectivity index (χ1) is 14.1. The van der Waals surface area contributed by atoms with Crippen LogP contribution in [0.3, 0.4) is 0 Å². The molecule has 2 aliphatic heterocycles. The summed E-state index contributed by atoms with van der Waals surface area (Å²) in [7, 11) is 3.29. The van der Waals surface area contributed by atoms with Crippen molar-refractivity contribution in [2.75, 3.05) is 43.7 Å². The molecule has 154 valence electrons. The van der Waals surface area contributed by atoms with E-state index in [1.165, 1.54) is 11.1 Å². The lowest BCUT2D eigenvalue weighted by Gasteiger charge is -2.33. The molecule has 3 heterocycles. The number of carboxylic acid groups (broad SMARTS) is 1. The molecule has 1 saturated heterocycles. The molecule has 8 nitrogen and oxygen atoms in total. The van der Waals surface area contributed by atoms with Crippen LogP contribution in [-0.4, -0.2) is 54.9 Å². The predicted molar refractivity (Wildman–Crippen MR) is 109 cm³/mol. The zero-order valence-corrected chi connectivity index (χ0v) is 16.8. The van der Waals surface area contributed by atoms with Crippen molar-refractivity contribution in [3.8, 4) is 11.5 Å². The first-order valence-corrected chi connectivity index (χ1v) is 9.88. The number of aromatic nitrogens is 2. The van der Waals surface area contributed by atoms with Crippen LogP contribution in [-0.2, 0) is 17.8 Å². The third-order valence-corrected chi connectivity index (χ3v) is 5.80. The van der Waals surface area contributed by atoms with Crippen molar-refractivity contribution in [1.29, 1.82) is 0 Å². The number of ether oxygens (including phenoxy) is 2. The number of nitrogens with zero attached hydrogens (tertiary/aromatic N) is 4. The Morgan fingerprint density at radius 3 is 2.41 bits per heavy atom. The highest BCUT2D eigenvalue weighted by atomic mass is 16.5. The molecule has 1 fully saturated rings. The van der Waals surface area contributed by atoms with Gasteiger partial charge < -0.3 is 24.4 Å². The van der Waals surface area contributed by atoms with Crippen molar-refractivity contribution in [2.24, 2.45) is 5.92 Å². The van der Waals surface area contributed by atoms with Crippen molar-refractivity contribution < 1.29 is 19.4 Å². The van der Waals surface area contributed by atoms with Crippen molar-refractivity contribution in [2.45, 2.75) is 25.8 Å². The number of aliphatic carboxylic acids is 1. The minimum Gasteiger partial charge on any atom is -0.493 e. The van der Waals surface area contributed by atoms with E-state index in [2.05, 4.69) is 20.9 Å². The maximum Gasteiger partial charge on any atom is 0.306 e. The Labute approximate surface area is 170 Å². The van der Waals surface area contributed by atoms with Crippen LogP contribution in [0.25, 0.3) is 0 Å². The lowest BCUT2D eigenvalue weighted by atomic mass is 9.97. The number of hydrogen-bond donors (Lipinski definition) is 1. The number of carboxylic acids is 1. The van der Waals surface area contributed by atoms with E-state index < -0.39 is 5.97 Å². The van der Waals surface area contributed by atoms with E-state index in [0.717, 1.165) is 30.3 Å². The smallest absolute Gasteiger partial charge is 0.306 e. The summed E-state index contributed by atoms with van der Waals surface area (Å²) in [6, 6.07) is 5.98. The predicted octanol–water partition coefficient (Wildman–Crippen LogP) is 2.36. The second kappa shape index (κ2) is 8.14. The van der Waals surface area contributed by atoms with Crippen LogP contribution in [0.1, 0.15) is 24.0 Å². The first-order valence-electron chi connectivity index (χ1n) is 9.88. The molecule has 0 spiro atoms. The molecule has 1 aromatic heterocycles. The third kappa shape index (κ3) is 3.92. The van der Waals surface area contributed by atoms with Gasteiger partial charge in [-0.1, -0.05) is 0 Å². The fourth-order valence-corrected chi connectivity index (χ4v) is 4.08. The maximum absolute atomic E-state index is 11.2. The molecule has 2 aromatic rings. The van der Waals surface area contributed by atoms with Gasteiger partial charge in [0.1, 0.15) is 5.82 Å². The Hall–Kier alpha value is -3.03. The van der Waals surface area contributed by atoms with Gasteiger partial charge in [-0.3, -0.25) is 4.79 Å². The summed E-state index contributed by atoms with van der Waals surface area (Å²) in [5.41, 5.74) is 2.44. The van der Waals surface area contributed by atoms with E-state index in [1.807, 2.05) is 12.1 Å². The fourth-order valence-electron chi connectivity index (χ4n) is 4.08. The van der Waals surface area contributed by atoms with Gasteiger partial charge in [-0.05, 0) is 48.6 Å². The summed E-state index contributed by atoms with van der Waals surface area (Å²) in [6.07, 6.45) is 3.96. The Kier molecular flexibility index (Phi) is 5.42. The second-order valence-corrected chi connectivity index (χ2v) is 7.46. The van der Waals surface area contributed by atoms with Crippen molar-refractivity contribution >= 4 is 17.7 Å². The maximum atomic E-state index is 11.2. The van der Waals surface area contributed by atoms with Crippen LogP contribution in [0, 0.1) is 5.92 Å². The lowest BCUT2D eigenvalue weighted by Crippen LogP contribution is -2.37. The Morgan fingerprint density at radius 1 is 1.07 bits per heavy atom. The molecule has 0 aliphatic carbocycles. The summed E-state index contributed by atoms with van der Waals surface area (Å²) in [5, 5.41) is 9.19. The molecular formula is C21H26N4O4. The zero-order valence-electron chi connectivity index (χ0n) is 16.8. The van der Waals surface area contributed by atoms with E-state index in [1.54, 1.807) is 20.4 Å². The number of methoxy groups -OCH3 is 2. The SMILES string of the molecule is COc1cc2c(cc1OC)CN(c1nccc(N3CCC(C(=O)O)CC3)n1)CC2. The van der Waals surface area contributed by atoms with Crippen LogP contribution >= 0.6 is 0 Å². The number of piperidine rings is 1. The van der Waals surface area contributed by atoms with Crippen LogP contribution in [0.5, 0.6) is 11.5 Å². The normalized spacial score (nSPS) is 17.0. The van der Waals surface area contributed by atoms with Gasteiger partial charge >= 0.3 is 5.97 Å². The number of fused-ring (bicyclic) bond motifs is 1. The fraction of sp³-hybridized carbons (Fsp3) is 0.476. The van der Waals surface area contributed by atoms with Crippen molar-refractivity contribution in [3.05, 3.63) is 35.5 Å². The average Bonchev–Trinajstić information content (AvgIpc) is 2.77. The largest absolute Gasteiger partial charge is 0.493 e. The van der Waals surface area contributed by atoms with Crippen LogP contribution in [0.4, 0.5) is 11.8 Å². The second-order valence-electron chi connectivity index (χ2n) is 7.46. The molecule has 1 aromatic carbocycles. The molecule has 8 heteroatoms. The highest BCUT2D eigenvalue weighted by Crippen LogP contribution is 2.34. The zero-order chi connectivity index (χ0) is 20.4. The summed E-state index contributed by atoms with van der Waals surface area (Å²) >= 11 is 0. The Bertz CT molecular complexity index is 896. The highest BCUT2D eigenvalue weighted by molar-refractivity contribution is 5.70. The number of hydrogen-bond acceptors (Lipinski definition) is 7. The van der Waals surface area contributed by atoms with Gasteiger partial charge in [0.05, 0.1) is 20.1 Å². The molecule has 2 aliphatic rings. The Morgan fingerprint density at radius 2 is 1.76 bits per heavy atom. The number of anilines is 2. The highest BCUT2D eigenvalue weighted by Gasteiger charge is 2.26. The standard InChI is InChI=1S/C21H26N4O4/c1-28-17-11-15-6-10-25(13-16(15)12-18(17)29-2)21-22-7-3-19(23-21)24-8-4-14(5-9-24)20(26)27/h3,7,11-12,14H,4-6,8-10,13H2,1-2H3,(H,26,27). The quantitative estimate of drug-likeness (QED) is 0.821. The van der Waals surface area contributed by atoms with Gasteiger partial charge in [0.15, 0.2) is 11.5 Å². The van der Waals surface area contributed by atoms with Gasteiger partial charge in [-0.2, -0.15) is 4.98 Å². The summed E-state index contributed by atoms with van der Waals surface area (Å²) in [4.78, 5) is 24.8. The molecule has 0 amide bonds. The molecule has 0 atom stereocenters. The minimum atomic E-state index is -0.702. The molecule has 0 radical (unpaired) electrons. The first kappa shape index (κ1) is 19.3. The Balaban J connectivity index is 1.50. The molecule has 0 unspecified atom stereocenters. The van der Waals surface area contributed by atoms with Gasteiger partial charge in [-0.25, -0.2) is 4.98 Å². The van der Waals surface area contributed by atoms with Gasteiger partial charge in [-0.15, -0.1) is 0 Å². The molecule has 0 saturated carbocycles. The monoisotopic (exact) mass is 398 g/mol. The average molecular weight is 398 g/mol. The number of carbonyl (C=O) groups is 1. The molecule has 4 rings (SSSR count). The third-order valence-electron chi connectivity index (χ3n) is 5.80. The molecule has 29 heavy (non-hydrogen) atoms. The molecule has 1 N–H and O–H groups in total. The van der Waals surface area contributed by atoms with Crippen molar-refractivity contribution in [1.82, 2.24) is 9.97 Å². The van der Waals surface area contributed by atoms with Gasteiger partial charge in [0, 0.05) is 32.4 Å². The number of benzene rings is 1. The van der Waals surface area contributed by atoms with Gasteiger partial charge in [0.25, 0.3) is 0 Å². The van der Waals surface area contributed by atoms with E-state index in [-0.39, 0.29) is 5.92 Å². The van der Waals surface area contributed by atoms with Crippen LogP contribution in [0.2, 0.25) is 0 Å². The molecular weight excluding hydrogens is 372 g/mol. The van der Waals surface area contributed by atoms with E-state index >= 15 is 0 Å². The lowest BCUT2D eigenvalue weighted by molar-refractivity contribution is -0.142. The van der Waals surface area contributed by atoms with Gasteiger partial charge in [0.2, 0.25) is 5.95 Å². The van der Waals surface area contributed by atoms with Crippen LogP contribution in [0.15, 0.2) is 24.4 Å². The van der Waals surface area contributed by atoms with E-state index in [9.17, 15) is 9.90 Å².